The van der Waals surface area contributed by atoms with Gasteiger partial charge in [-0.2, -0.15) is 0 Å². The third-order valence-corrected chi connectivity index (χ3v) is 7.47. The number of nitrogens with one attached hydrogen (secondary N) is 1. The summed E-state index contributed by atoms with van der Waals surface area (Å²) in [6, 6.07) is 29.0. The average Bonchev–Trinajstić information content (AvgIpc) is 3.59. The van der Waals surface area contributed by atoms with E-state index in [-0.39, 0.29) is 5.91 Å². The fourth-order valence-corrected chi connectivity index (χ4v) is 5.36. The predicted molar refractivity (Wildman–Crippen MR) is 154 cm³/mol. The van der Waals surface area contributed by atoms with Crippen LogP contribution in [0.25, 0.3) is 33.7 Å². The summed E-state index contributed by atoms with van der Waals surface area (Å²) in [6.07, 6.45) is 2.58. The fraction of sp³-hybridized carbons (Fsp3) is 0.0645. The van der Waals surface area contributed by atoms with Crippen molar-refractivity contribution in [1.82, 2.24) is 9.97 Å². The third-order valence-electron chi connectivity index (χ3n) is 6.23. The van der Waals surface area contributed by atoms with Gasteiger partial charge in [0.2, 0.25) is 0 Å². The van der Waals surface area contributed by atoms with Crippen LogP contribution in [0.3, 0.4) is 0 Å². The smallest absolute Gasteiger partial charge is 0.258 e. The highest BCUT2D eigenvalue weighted by molar-refractivity contribution is 7.15. The molecule has 0 aliphatic carbocycles. The van der Waals surface area contributed by atoms with E-state index in [4.69, 9.17) is 21.0 Å². The number of benzene rings is 3. The molecule has 3 aromatic heterocycles. The molecule has 0 aliphatic rings. The van der Waals surface area contributed by atoms with Crippen molar-refractivity contribution in [3.8, 4) is 22.8 Å². The van der Waals surface area contributed by atoms with E-state index in [0.717, 1.165) is 22.2 Å². The van der Waals surface area contributed by atoms with Gasteiger partial charge in [-0.15, -0.1) is 11.3 Å². The highest BCUT2D eigenvalue weighted by atomic mass is 35.5. The zero-order valence-electron chi connectivity index (χ0n) is 20.4. The SMILES string of the molecule is Cc1ccc(Cc2cnc(NC(=O)c3cc(-c4ccc(-c5ccccc5Cl)o4)nc4ccccc34)s2)cc1. The van der Waals surface area contributed by atoms with E-state index in [2.05, 4.69) is 41.5 Å². The van der Waals surface area contributed by atoms with Gasteiger partial charge in [0.05, 0.1) is 16.1 Å². The van der Waals surface area contributed by atoms with Crippen LogP contribution in [0.4, 0.5) is 5.13 Å². The van der Waals surface area contributed by atoms with Crippen molar-refractivity contribution in [2.75, 3.05) is 5.32 Å². The van der Waals surface area contributed by atoms with Crippen molar-refractivity contribution in [1.29, 1.82) is 0 Å². The number of amides is 1. The number of fused-ring (bicyclic) bond motifs is 1. The molecule has 7 heteroatoms. The lowest BCUT2D eigenvalue weighted by Gasteiger charge is -2.08. The normalized spacial score (nSPS) is 11.1. The molecular weight excluding hydrogens is 514 g/mol. The number of para-hydroxylation sites is 1. The van der Waals surface area contributed by atoms with Gasteiger partial charge in [-0.3, -0.25) is 10.1 Å². The molecule has 0 bridgehead atoms. The molecule has 1 amide bonds. The number of halogens is 1. The van der Waals surface area contributed by atoms with Gasteiger partial charge in [0.25, 0.3) is 5.91 Å². The van der Waals surface area contributed by atoms with Crippen molar-refractivity contribution >= 4 is 44.9 Å². The molecule has 0 atom stereocenters. The van der Waals surface area contributed by atoms with Crippen LogP contribution in [0.15, 0.2) is 102 Å². The first-order chi connectivity index (χ1) is 18.5. The number of furan rings is 1. The lowest BCUT2D eigenvalue weighted by atomic mass is 10.1. The van der Waals surface area contributed by atoms with Gasteiger partial charge in [-0.25, -0.2) is 9.97 Å². The Morgan fingerprint density at radius 1 is 0.947 bits per heavy atom. The number of anilines is 1. The van der Waals surface area contributed by atoms with Gasteiger partial charge in [-0.05, 0) is 48.9 Å². The van der Waals surface area contributed by atoms with Crippen molar-refractivity contribution in [2.45, 2.75) is 13.3 Å². The zero-order chi connectivity index (χ0) is 26.1. The molecule has 0 saturated heterocycles. The number of carbonyl (C=O) groups is 1. The molecule has 0 radical (unpaired) electrons. The third kappa shape index (κ3) is 4.96. The number of aromatic nitrogens is 2. The molecule has 186 valence electrons. The van der Waals surface area contributed by atoms with Gasteiger partial charge in [0, 0.05) is 28.4 Å². The van der Waals surface area contributed by atoms with E-state index in [0.29, 0.717) is 38.4 Å². The number of pyridine rings is 1. The van der Waals surface area contributed by atoms with Crippen LogP contribution in [0.2, 0.25) is 5.02 Å². The van der Waals surface area contributed by atoms with Crippen LogP contribution in [0.5, 0.6) is 0 Å². The minimum absolute atomic E-state index is 0.251. The first kappa shape index (κ1) is 24.1. The van der Waals surface area contributed by atoms with Crippen molar-refractivity contribution in [3.63, 3.8) is 0 Å². The average molecular weight is 536 g/mol. The largest absolute Gasteiger partial charge is 0.454 e. The lowest BCUT2D eigenvalue weighted by Crippen LogP contribution is -2.12. The number of aryl methyl sites for hydroxylation is 1. The summed E-state index contributed by atoms with van der Waals surface area (Å²) in [5.41, 5.74) is 4.98. The van der Waals surface area contributed by atoms with Gasteiger partial charge >= 0.3 is 0 Å². The molecule has 1 N–H and O–H groups in total. The zero-order valence-corrected chi connectivity index (χ0v) is 22.0. The summed E-state index contributed by atoms with van der Waals surface area (Å²) in [5, 5.41) is 4.88. The summed E-state index contributed by atoms with van der Waals surface area (Å²) < 4.78 is 6.12. The standard InChI is InChI=1S/C31H22ClN3O2S/c1-19-10-12-20(13-11-19)16-21-18-33-31(38-21)35-30(36)24-17-27(34-26-9-5-3-6-22(24)26)29-15-14-28(37-29)23-7-2-4-8-25(23)32/h2-15,17-18H,16H2,1H3,(H,33,35,36). The Morgan fingerprint density at radius 2 is 1.71 bits per heavy atom. The minimum Gasteiger partial charge on any atom is -0.454 e. The van der Waals surface area contributed by atoms with E-state index in [9.17, 15) is 4.79 Å². The first-order valence-corrected chi connectivity index (χ1v) is 13.3. The molecule has 0 saturated carbocycles. The summed E-state index contributed by atoms with van der Waals surface area (Å²) in [6.45, 7) is 2.07. The van der Waals surface area contributed by atoms with Crippen LogP contribution < -0.4 is 5.32 Å². The van der Waals surface area contributed by atoms with Crippen molar-refractivity contribution in [3.05, 3.63) is 124 Å². The summed E-state index contributed by atoms with van der Waals surface area (Å²) in [7, 11) is 0. The number of carbonyl (C=O) groups excluding carboxylic acids is 1. The van der Waals surface area contributed by atoms with Crippen LogP contribution in [-0.2, 0) is 6.42 Å². The van der Waals surface area contributed by atoms with Gasteiger partial charge < -0.3 is 4.42 Å². The second-order valence-electron chi connectivity index (χ2n) is 8.96. The molecule has 0 aliphatic heterocycles. The molecule has 6 aromatic rings. The second-order valence-corrected chi connectivity index (χ2v) is 10.5. The van der Waals surface area contributed by atoms with Gasteiger partial charge in [0.1, 0.15) is 11.5 Å². The van der Waals surface area contributed by atoms with E-state index in [1.54, 1.807) is 6.07 Å². The maximum Gasteiger partial charge on any atom is 0.258 e. The topological polar surface area (TPSA) is 68.0 Å². The summed E-state index contributed by atoms with van der Waals surface area (Å²) in [4.78, 5) is 23.7. The Hall–Kier alpha value is -4.26. The second kappa shape index (κ2) is 10.2. The lowest BCUT2D eigenvalue weighted by molar-refractivity contribution is 0.102. The maximum atomic E-state index is 13.5. The Balaban J connectivity index is 1.29. The summed E-state index contributed by atoms with van der Waals surface area (Å²) >= 11 is 7.83. The minimum atomic E-state index is -0.251. The van der Waals surface area contributed by atoms with E-state index in [1.165, 1.54) is 22.5 Å². The van der Waals surface area contributed by atoms with Gasteiger partial charge in [-0.1, -0.05) is 71.8 Å². The fourth-order valence-electron chi connectivity index (χ4n) is 4.29. The number of nitrogens with zero attached hydrogens (tertiary/aromatic N) is 2. The number of thiazole rings is 1. The monoisotopic (exact) mass is 535 g/mol. The Morgan fingerprint density at radius 3 is 2.55 bits per heavy atom. The Bertz CT molecular complexity index is 1770. The molecule has 0 spiro atoms. The van der Waals surface area contributed by atoms with Crippen LogP contribution >= 0.6 is 22.9 Å². The van der Waals surface area contributed by atoms with Gasteiger partial charge in [0.15, 0.2) is 10.9 Å². The first-order valence-electron chi connectivity index (χ1n) is 12.1. The number of hydrogen-bond donors (Lipinski definition) is 1. The van der Waals surface area contributed by atoms with E-state index < -0.39 is 0 Å². The van der Waals surface area contributed by atoms with Crippen LogP contribution in [-0.4, -0.2) is 15.9 Å². The number of hydrogen-bond acceptors (Lipinski definition) is 5. The molecule has 3 aromatic carbocycles. The van der Waals surface area contributed by atoms with Crippen molar-refractivity contribution < 1.29 is 9.21 Å². The highest BCUT2D eigenvalue weighted by Crippen LogP contribution is 2.33. The van der Waals surface area contributed by atoms with Crippen LogP contribution in [0, 0.1) is 6.92 Å². The predicted octanol–water partition coefficient (Wildman–Crippen LogP) is 8.42. The van der Waals surface area contributed by atoms with Crippen LogP contribution in [0.1, 0.15) is 26.4 Å². The molecule has 0 fully saturated rings. The molecule has 6 rings (SSSR count). The molecule has 0 unspecified atom stereocenters. The maximum absolute atomic E-state index is 13.5. The number of rotatable bonds is 6. The Kier molecular flexibility index (Phi) is 6.50. The molecule has 5 nitrogen and oxygen atoms in total. The summed E-state index contributed by atoms with van der Waals surface area (Å²) in [5.74, 6) is 0.934. The van der Waals surface area contributed by atoms with E-state index >= 15 is 0 Å². The molecular formula is C31H22ClN3O2S. The molecule has 38 heavy (non-hydrogen) atoms. The Labute approximate surface area is 228 Å². The highest BCUT2D eigenvalue weighted by Gasteiger charge is 2.18. The quantitative estimate of drug-likeness (QED) is 0.232. The van der Waals surface area contributed by atoms with Crippen molar-refractivity contribution in [2.24, 2.45) is 0 Å². The molecule has 3 heterocycles. The van der Waals surface area contributed by atoms with E-state index in [1.807, 2.05) is 66.9 Å².